The van der Waals surface area contributed by atoms with Crippen molar-refractivity contribution in [3.8, 4) is 5.75 Å². The third kappa shape index (κ3) is 6.37. The van der Waals surface area contributed by atoms with Gasteiger partial charge in [0.15, 0.2) is 4.34 Å². The van der Waals surface area contributed by atoms with E-state index < -0.39 is 21.4 Å². The van der Waals surface area contributed by atoms with E-state index >= 15 is 0 Å². The largest absolute Gasteiger partial charge is 0.464 e. The number of carbonyl (C=O) groups is 2. The number of rotatable bonds is 8. The molecule has 0 spiro atoms. The third-order valence-corrected chi connectivity index (χ3v) is 9.03. The van der Waals surface area contributed by atoms with Gasteiger partial charge in [-0.25, -0.2) is 13.2 Å². The van der Waals surface area contributed by atoms with Crippen LogP contribution in [0.4, 0.5) is 5.13 Å². The fourth-order valence-electron chi connectivity index (χ4n) is 3.37. The van der Waals surface area contributed by atoms with Gasteiger partial charge in [-0.05, 0) is 37.1 Å². The molecule has 1 saturated heterocycles. The average Bonchev–Trinajstić information content (AvgIpc) is 3.31. The Morgan fingerprint density at radius 1 is 1.17 bits per heavy atom. The first kappa shape index (κ1) is 26.0. The standard InChI is InChI=1S/C22H22N4O7S3/c1-14(27)23-21-24-25-22(35-21)34-13-16-11-18(28)19(12-32-16)33-20(29)15-5-7-17(8-6-15)36(30,31)26-9-3-2-4-10-26/h5-8,11-12H,2-4,9-10,13H2,1H3,(H,23,24,27). The summed E-state index contributed by atoms with van der Waals surface area (Å²) in [5.41, 5.74) is -0.455. The molecular formula is C22H22N4O7S3. The van der Waals surface area contributed by atoms with Gasteiger partial charge in [0.2, 0.25) is 32.2 Å². The molecule has 2 aromatic heterocycles. The van der Waals surface area contributed by atoms with Crippen molar-refractivity contribution in [1.29, 1.82) is 0 Å². The summed E-state index contributed by atoms with van der Waals surface area (Å²) in [6.45, 7) is 2.33. The second kappa shape index (κ2) is 11.3. The highest BCUT2D eigenvalue weighted by Crippen LogP contribution is 2.28. The number of hydrogen-bond acceptors (Lipinski definition) is 11. The van der Waals surface area contributed by atoms with Crippen LogP contribution in [0.5, 0.6) is 5.75 Å². The summed E-state index contributed by atoms with van der Waals surface area (Å²) in [4.78, 5) is 36.1. The molecule has 3 aromatic rings. The van der Waals surface area contributed by atoms with Crippen molar-refractivity contribution in [3.05, 3.63) is 58.1 Å². The highest BCUT2D eigenvalue weighted by molar-refractivity contribution is 8.00. The number of nitrogens with zero attached hydrogens (tertiary/aromatic N) is 3. The molecule has 14 heteroatoms. The van der Waals surface area contributed by atoms with Gasteiger partial charge >= 0.3 is 5.97 Å². The second-order valence-electron chi connectivity index (χ2n) is 7.80. The number of amides is 1. The van der Waals surface area contributed by atoms with Crippen LogP contribution in [-0.2, 0) is 20.6 Å². The lowest BCUT2D eigenvalue weighted by atomic mass is 10.2. The van der Waals surface area contributed by atoms with Crippen LogP contribution in [0.3, 0.4) is 0 Å². The van der Waals surface area contributed by atoms with Gasteiger partial charge in [-0.2, -0.15) is 4.31 Å². The number of hydrogen-bond donors (Lipinski definition) is 1. The Morgan fingerprint density at radius 2 is 1.89 bits per heavy atom. The molecule has 3 heterocycles. The Kier molecular flexibility index (Phi) is 8.18. The zero-order chi connectivity index (χ0) is 25.7. The second-order valence-corrected chi connectivity index (χ2v) is 11.9. The minimum absolute atomic E-state index is 0.0953. The fourth-order valence-corrected chi connectivity index (χ4v) is 6.57. The van der Waals surface area contributed by atoms with Crippen molar-refractivity contribution < 1.29 is 27.2 Å². The highest BCUT2D eigenvalue weighted by atomic mass is 32.2. The minimum atomic E-state index is -3.62. The van der Waals surface area contributed by atoms with Gasteiger partial charge in [-0.1, -0.05) is 29.5 Å². The lowest BCUT2D eigenvalue weighted by Gasteiger charge is -2.25. The summed E-state index contributed by atoms with van der Waals surface area (Å²) in [7, 11) is -3.62. The average molecular weight is 551 g/mol. The van der Waals surface area contributed by atoms with Gasteiger partial charge in [0.25, 0.3) is 0 Å². The van der Waals surface area contributed by atoms with Crippen LogP contribution >= 0.6 is 23.1 Å². The summed E-state index contributed by atoms with van der Waals surface area (Å²) < 4.78 is 38.1. The van der Waals surface area contributed by atoms with Crippen molar-refractivity contribution in [3.63, 3.8) is 0 Å². The van der Waals surface area contributed by atoms with Crippen LogP contribution < -0.4 is 15.5 Å². The number of thioether (sulfide) groups is 1. The molecule has 1 N–H and O–H groups in total. The lowest BCUT2D eigenvalue weighted by molar-refractivity contribution is -0.114. The van der Waals surface area contributed by atoms with Crippen LogP contribution in [0.2, 0.25) is 0 Å². The summed E-state index contributed by atoms with van der Waals surface area (Å²) in [5.74, 6) is -0.760. The Bertz CT molecular complexity index is 1410. The quantitative estimate of drug-likeness (QED) is 0.252. The van der Waals surface area contributed by atoms with Crippen LogP contribution in [-0.4, -0.2) is 47.9 Å². The lowest BCUT2D eigenvalue weighted by Crippen LogP contribution is -2.35. The first-order valence-corrected chi connectivity index (χ1v) is 14.1. The number of carbonyl (C=O) groups excluding carboxylic acids is 2. The predicted molar refractivity (Wildman–Crippen MR) is 133 cm³/mol. The zero-order valence-corrected chi connectivity index (χ0v) is 21.6. The van der Waals surface area contributed by atoms with Gasteiger partial charge in [0.1, 0.15) is 12.0 Å². The maximum Gasteiger partial charge on any atom is 0.343 e. The SMILES string of the molecule is CC(=O)Nc1nnc(SCc2cc(=O)c(OC(=O)c3ccc(S(=O)(=O)N4CCCCC4)cc3)co2)s1. The molecule has 0 atom stereocenters. The van der Waals surface area contributed by atoms with Gasteiger partial charge in [-0.3, -0.25) is 9.59 Å². The molecule has 11 nitrogen and oxygen atoms in total. The molecule has 4 rings (SSSR count). The molecule has 0 aliphatic carbocycles. The Hall–Kier alpha value is -3.07. The molecule has 1 aliphatic heterocycles. The van der Waals surface area contributed by atoms with E-state index in [1.54, 1.807) is 0 Å². The Morgan fingerprint density at radius 3 is 2.56 bits per heavy atom. The number of esters is 1. The number of benzene rings is 1. The van der Waals surface area contributed by atoms with Crippen LogP contribution in [0, 0.1) is 0 Å². The number of nitrogens with one attached hydrogen (secondary N) is 1. The molecule has 1 fully saturated rings. The van der Waals surface area contributed by atoms with E-state index in [-0.39, 0.29) is 27.9 Å². The number of sulfonamides is 1. The maximum absolute atomic E-state index is 12.8. The summed E-state index contributed by atoms with van der Waals surface area (Å²) in [5, 5.41) is 10.7. The molecule has 1 aromatic carbocycles. The van der Waals surface area contributed by atoms with Crippen molar-refractivity contribution in [2.24, 2.45) is 0 Å². The van der Waals surface area contributed by atoms with E-state index in [9.17, 15) is 22.8 Å². The van der Waals surface area contributed by atoms with Gasteiger partial charge in [-0.15, -0.1) is 10.2 Å². The smallest absolute Gasteiger partial charge is 0.343 e. The van der Waals surface area contributed by atoms with Crippen molar-refractivity contribution in [1.82, 2.24) is 14.5 Å². The van der Waals surface area contributed by atoms with E-state index in [0.29, 0.717) is 28.3 Å². The Balaban J connectivity index is 1.36. The van der Waals surface area contributed by atoms with Crippen molar-refractivity contribution >= 4 is 50.1 Å². The van der Waals surface area contributed by atoms with E-state index in [0.717, 1.165) is 25.5 Å². The molecule has 0 saturated carbocycles. The predicted octanol–water partition coefficient (Wildman–Crippen LogP) is 3.14. The van der Waals surface area contributed by atoms with Crippen molar-refractivity contribution in [2.75, 3.05) is 18.4 Å². The van der Waals surface area contributed by atoms with E-state index in [4.69, 9.17) is 9.15 Å². The molecule has 190 valence electrons. The normalized spacial score (nSPS) is 14.4. The minimum Gasteiger partial charge on any atom is -0.464 e. The van der Waals surface area contributed by atoms with Crippen LogP contribution in [0.1, 0.15) is 42.3 Å². The third-order valence-electron chi connectivity index (χ3n) is 5.13. The number of anilines is 1. The van der Waals surface area contributed by atoms with Crippen molar-refractivity contribution in [2.45, 2.75) is 41.2 Å². The van der Waals surface area contributed by atoms with Gasteiger partial charge in [0.05, 0.1) is 16.2 Å². The number of ether oxygens (including phenoxy) is 1. The fraction of sp³-hybridized carbons (Fsp3) is 0.318. The first-order valence-electron chi connectivity index (χ1n) is 10.9. The molecule has 36 heavy (non-hydrogen) atoms. The molecule has 1 aliphatic rings. The molecule has 0 radical (unpaired) electrons. The molecule has 0 bridgehead atoms. The molecule has 0 unspecified atom stereocenters. The Labute approximate surface area is 214 Å². The maximum atomic E-state index is 12.8. The molecular weight excluding hydrogens is 528 g/mol. The summed E-state index contributed by atoms with van der Waals surface area (Å²) in [6, 6.07) is 6.62. The topological polar surface area (TPSA) is 149 Å². The number of piperidine rings is 1. The van der Waals surface area contributed by atoms with E-state index in [2.05, 4.69) is 15.5 Å². The van der Waals surface area contributed by atoms with E-state index in [1.165, 1.54) is 64.7 Å². The van der Waals surface area contributed by atoms with Gasteiger partial charge in [0, 0.05) is 26.1 Å². The first-order chi connectivity index (χ1) is 17.2. The van der Waals surface area contributed by atoms with Crippen LogP contribution in [0.25, 0.3) is 0 Å². The zero-order valence-electron chi connectivity index (χ0n) is 19.1. The van der Waals surface area contributed by atoms with Gasteiger partial charge < -0.3 is 14.5 Å². The summed E-state index contributed by atoms with van der Waals surface area (Å²) in [6.07, 6.45) is 3.71. The monoisotopic (exact) mass is 550 g/mol. The van der Waals surface area contributed by atoms with Crippen LogP contribution in [0.15, 0.2) is 55.0 Å². The van der Waals surface area contributed by atoms with E-state index in [1.807, 2.05) is 0 Å². The highest BCUT2D eigenvalue weighted by Gasteiger charge is 2.26. The summed E-state index contributed by atoms with van der Waals surface area (Å²) >= 11 is 2.44. The number of aromatic nitrogens is 2. The molecule has 1 amide bonds.